The van der Waals surface area contributed by atoms with Crippen LogP contribution in [0.25, 0.3) is 16.9 Å². The monoisotopic (exact) mass is 466 g/mol. The van der Waals surface area contributed by atoms with Crippen LogP contribution in [-0.2, 0) is 23.1 Å². The van der Waals surface area contributed by atoms with Gasteiger partial charge in [0.15, 0.2) is 0 Å². The largest absolute Gasteiger partial charge is 0.306 e. The predicted molar refractivity (Wildman–Crippen MR) is 125 cm³/mol. The molecule has 2 heterocycles. The van der Waals surface area contributed by atoms with E-state index in [0.29, 0.717) is 18.4 Å². The van der Waals surface area contributed by atoms with Crippen LogP contribution in [0.4, 0.5) is 4.39 Å². The fourth-order valence-corrected chi connectivity index (χ4v) is 7.57. The summed E-state index contributed by atoms with van der Waals surface area (Å²) in [5.74, 6) is 0.469. The molecule has 3 aliphatic rings. The van der Waals surface area contributed by atoms with E-state index >= 15 is 0 Å². The molecule has 4 atom stereocenters. The van der Waals surface area contributed by atoms with E-state index in [1.807, 2.05) is 10.8 Å². The Morgan fingerprint density at radius 1 is 1.03 bits per heavy atom. The van der Waals surface area contributed by atoms with E-state index in [9.17, 15) is 12.8 Å². The maximum Gasteiger partial charge on any atom is 0.282 e. The zero-order chi connectivity index (χ0) is 23.0. The second kappa shape index (κ2) is 7.22. The molecule has 2 bridgehead atoms. The van der Waals surface area contributed by atoms with E-state index in [4.69, 9.17) is 0 Å². The van der Waals surface area contributed by atoms with Crippen molar-refractivity contribution < 1.29 is 12.8 Å². The Labute approximate surface area is 193 Å². The van der Waals surface area contributed by atoms with Gasteiger partial charge in [-0.15, -0.1) is 0 Å². The SMILES string of the molecule is CN(C)S(=O)(=O)N1C[C@@]12[C@@H]1CC[C@H]2Cc2ccc(-c3cn(-c4ccc(F)cc4)cn3)cc2C1. The van der Waals surface area contributed by atoms with Gasteiger partial charge in [0.25, 0.3) is 10.2 Å². The molecule has 1 spiro atoms. The lowest BCUT2D eigenvalue weighted by atomic mass is 9.87. The molecule has 8 heteroatoms. The van der Waals surface area contributed by atoms with Crippen LogP contribution in [0.15, 0.2) is 55.0 Å². The molecule has 33 heavy (non-hydrogen) atoms. The lowest BCUT2D eigenvalue weighted by Crippen LogP contribution is -2.38. The third-order valence-electron chi connectivity index (χ3n) is 7.92. The highest BCUT2D eigenvalue weighted by atomic mass is 32.2. The topological polar surface area (TPSA) is 58.2 Å². The lowest BCUT2D eigenvalue weighted by molar-refractivity contribution is 0.322. The van der Waals surface area contributed by atoms with Gasteiger partial charge >= 0.3 is 0 Å². The molecule has 1 saturated heterocycles. The Balaban J connectivity index is 1.30. The number of hydrogen-bond donors (Lipinski definition) is 0. The van der Waals surface area contributed by atoms with Gasteiger partial charge in [-0.25, -0.2) is 9.37 Å². The van der Waals surface area contributed by atoms with Gasteiger partial charge in [-0.05, 0) is 79.0 Å². The number of fused-ring (bicyclic) bond motifs is 1. The summed E-state index contributed by atoms with van der Waals surface area (Å²) in [6, 6.07) is 12.9. The van der Waals surface area contributed by atoms with Crippen molar-refractivity contribution in [2.45, 2.75) is 31.2 Å². The van der Waals surface area contributed by atoms with Gasteiger partial charge in [-0.2, -0.15) is 17.0 Å². The second-order valence-electron chi connectivity index (χ2n) is 9.79. The summed E-state index contributed by atoms with van der Waals surface area (Å²) in [7, 11) is -0.154. The number of hydrogen-bond acceptors (Lipinski definition) is 3. The first-order valence-electron chi connectivity index (χ1n) is 11.4. The van der Waals surface area contributed by atoms with E-state index < -0.39 is 10.2 Å². The van der Waals surface area contributed by atoms with Gasteiger partial charge in [0, 0.05) is 38.1 Å². The first kappa shape index (κ1) is 21.0. The van der Waals surface area contributed by atoms with Crippen molar-refractivity contribution >= 4 is 10.2 Å². The summed E-state index contributed by atoms with van der Waals surface area (Å²) in [4.78, 5) is 4.59. The minimum Gasteiger partial charge on any atom is -0.306 e. The Bertz CT molecular complexity index is 1330. The molecule has 1 aromatic heterocycles. The van der Waals surface area contributed by atoms with E-state index in [-0.39, 0.29) is 11.4 Å². The molecule has 2 fully saturated rings. The minimum absolute atomic E-state index is 0.216. The quantitative estimate of drug-likeness (QED) is 0.552. The molecule has 172 valence electrons. The lowest BCUT2D eigenvalue weighted by Gasteiger charge is -2.24. The van der Waals surface area contributed by atoms with E-state index in [1.165, 1.54) is 27.6 Å². The fraction of sp³-hybridized carbons (Fsp3) is 0.400. The van der Waals surface area contributed by atoms with Crippen molar-refractivity contribution in [2.24, 2.45) is 11.8 Å². The fourth-order valence-electron chi connectivity index (χ4n) is 6.08. The third-order valence-corrected chi connectivity index (χ3v) is 9.87. The minimum atomic E-state index is -3.39. The first-order chi connectivity index (χ1) is 15.8. The molecule has 1 unspecified atom stereocenters. The number of imidazole rings is 1. The van der Waals surface area contributed by atoms with Crippen LogP contribution in [0.1, 0.15) is 24.0 Å². The maximum atomic E-state index is 13.3. The molecule has 2 aromatic carbocycles. The molecule has 0 amide bonds. The zero-order valence-electron chi connectivity index (χ0n) is 18.8. The number of aromatic nitrogens is 2. The maximum absolute atomic E-state index is 13.3. The predicted octanol–water partition coefficient (Wildman–Crippen LogP) is 3.66. The highest BCUT2D eigenvalue weighted by Crippen LogP contribution is 2.59. The van der Waals surface area contributed by atoms with Crippen molar-refractivity contribution in [2.75, 3.05) is 20.6 Å². The van der Waals surface area contributed by atoms with Crippen LogP contribution in [0.2, 0.25) is 0 Å². The number of nitrogens with zero attached hydrogens (tertiary/aromatic N) is 4. The molecule has 0 radical (unpaired) electrons. The van der Waals surface area contributed by atoms with Gasteiger partial charge in [0.1, 0.15) is 5.82 Å². The third kappa shape index (κ3) is 3.19. The van der Waals surface area contributed by atoms with Crippen molar-refractivity contribution in [1.29, 1.82) is 0 Å². The van der Waals surface area contributed by atoms with Gasteiger partial charge in [-0.1, -0.05) is 12.1 Å². The van der Waals surface area contributed by atoms with E-state index in [1.54, 1.807) is 36.9 Å². The van der Waals surface area contributed by atoms with Crippen molar-refractivity contribution in [1.82, 2.24) is 18.2 Å². The van der Waals surface area contributed by atoms with Crippen molar-refractivity contribution in [3.63, 3.8) is 0 Å². The summed E-state index contributed by atoms with van der Waals surface area (Å²) in [5, 5.41) is 0. The van der Waals surface area contributed by atoms with E-state index in [0.717, 1.165) is 42.6 Å². The zero-order valence-corrected chi connectivity index (χ0v) is 19.6. The first-order valence-corrected chi connectivity index (χ1v) is 12.8. The van der Waals surface area contributed by atoms with Gasteiger partial charge in [0.05, 0.1) is 17.6 Å². The normalized spacial score (nSPS) is 28.2. The Morgan fingerprint density at radius 3 is 2.42 bits per heavy atom. The van der Waals surface area contributed by atoms with Crippen LogP contribution in [-0.4, -0.2) is 52.8 Å². The summed E-state index contributed by atoms with van der Waals surface area (Å²) >= 11 is 0. The molecule has 6 nitrogen and oxygen atoms in total. The Hall–Kier alpha value is -2.55. The smallest absolute Gasteiger partial charge is 0.282 e. The average Bonchev–Trinajstić information content (AvgIpc) is 3.24. The number of rotatable bonds is 4. The van der Waals surface area contributed by atoms with Gasteiger partial charge < -0.3 is 4.57 Å². The molecule has 2 aliphatic carbocycles. The highest BCUT2D eigenvalue weighted by molar-refractivity contribution is 7.87. The van der Waals surface area contributed by atoms with Crippen LogP contribution in [0, 0.1) is 17.7 Å². The Kier molecular flexibility index (Phi) is 4.60. The van der Waals surface area contributed by atoms with Crippen LogP contribution >= 0.6 is 0 Å². The molecule has 1 saturated carbocycles. The molecular formula is C25H27FN4O2S. The van der Waals surface area contributed by atoms with Crippen molar-refractivity contribution in [3.05, 3.63) is 71.9 Å². The van der Waals surface area contributed by atoms with Gasteiger partial charge in [-0.3, -0.25) is 0 Å². The number of halogens is 1. The molecule has 3 aromatic rings. The van der Waals surface area contributed by atoms with E-state index in [2.05, 4.69) is 23.2 Å². The summed E-state index contributed by atoms with van der Waals surface area (Å²) in [5.41, 5.74) is 5.21. The molecule has 6 rings (SSSR count). The molecular weight excluding hydrogens is 439 g/mol. The number of benzene rings is 2. The summed E-state index contributed by atoms with van der Waals surface area (Å²) < 4.78 is 44.0. The second-order valence-corrected chi connectivity index (χ2v) is 11.9. The molecule has 1 aliphatic heterocycles. The standard InChI is InChI=1S/C25H27FN4O2S/c1-28(2)33(31,32)30-15-25(30)20-5-6-21(25)13-19-11-18(4-3-17(19)12-20)24-14-29(16-27-24)23-9-7-22(26)8-10-23/h3-4,7-11,14,16,20-21H,5-6,12-13,15H2,1-2H3/t20-,21+,25+,30?/m0/s1. The van der Waals surface area contributed by atoms with Crippen molar-refractivity contribution in [3.8, 4) is 16.9 Å². The van der Waals surface area contributed by atoms with Crippen LogP contribution < -0.4 is 0 Å². The highest BCUT2D eigenvalue weighted by Gasteiger charge is 2.69. The average molecular weight is 467 g/mol. The van der Waals surface area contributed by atoms with Gasteiger partial charge in [0.2, 0.25) is 0 Å². The summed E-state index contributed by atoms with van der Waals surface area (Å²) in [6.45, 7) is 0.645. The Morgan fingerprint density at radius 2 is 1.73 bits per heavy atom. The van der Waals surface area contributed by atoms with Crippen LogP contribution in [0.5, 0.6) is 0 Å². The van der Waals surface area contributed by atoms with Crippen LogP contribution in [0.3, 0.4) is 0 Å². The summed E-state index contributed by atoms with van der Waals surface area (Å²) in [6.07, 6.45) is 7.71. The molecule has 0 N–H and O–H groups in total.